The first kappa shape index (κ1) is 12.0. The lowest BCUT2D eigenvalue weighted by molar-refractivity contribution is 0.252. The van der Waals surface area contributed by atoms with Gasteiger partial charge >= 0.3 is 6.03 Å². The quantitative estimate of drug-likeness (QED) is 0.865. The van der Waals surface area contributed by atoms with E-state index < -0.39 is 0 Å². The Balaban J connectivity index is 1.95. The number of carbonyl (C=O) groups is 1. The molecule has 3 heteroatoms. The first-order valence-corrected chi connectivity index (χ1v) is 6.88. The number of amides is 2. The van der Waals surface area contributed by atoms with Crippen molar-refractivity contribution in [1.82, 2.24) is 5.32 Å². The number of carbonyl (C=O) groups excluding carboxylic acids is 1. The van der Waals surface area contributed by atoms with Crippen molar-refractivity contribution in [3.05, 3.63) is 41.5 Å². The third kappa shape index (κ3) is 2.16. The van der Waals surface area contributed by atoms with Gasteiger partial charge in [-0.05, 0) is 41.8 Å². The second-order valence-electron chi connectivity index (χ2n) is 4.99. The zero-order valence-electron chi connectivity index (χ0n) is 11.1. The maximum absolute atomic E-state index is 11.8. The topological polar surface area (TPSA) is 41.1 Å². The van der Waals surface area contributed by atoms with Crippen molar-refractivity contribution in [2.75, 3.05) is 11.9 Å². The van der Waals surface area contributed by atoms with Crippen molar-refractivity contribution in [1.29, 1.82) is 0 Å². The van der Waals surface area contributed by atoms with Crippen LogP contribution in [-0.2, 0) is 12.8 Å². The van der Waals surface area contributed by atoms with Gasteiger partial charge in [0.1, 0.15) is 0 Å². The lowest BCUT2D eigenvalue weighted by Gasteiger charge is -2.11. The maximum Gasteiger partial charge on any atom is 0.319 e. The molecule has 2 amide bonds. The van der Waals surface area contributed by atoms with Crippen molar-refractivity contribution < 1.29 is 4.79 Å². The van der Waals surface area contributed by atoms with Gasteiger partial charge in [-0.1, -0.05) is 31.2 Å². The van der Waals surface area contributed by atoms with Gasteiger partial charge in [-0.2, -0.15) is 0 Å². The number of nitrogens with one attached hydrogen (secondary N) is 2. The van der Waals surface area contributed by atoms with E-state index in [0.717, 1.165) is 30.3 Å². The van der Waals surface area contributed by atoms with E-state index in [9.17, 15) is 4.79 Å². The van der Waals surface area contributed by atoms with Crippen LogP contribution in [0.1, 0.15) is 24.5 Å². The summed E-state index contributed by atoms with van der Waals surface area (Å²) in [5, 5.41) is 8.27. The Labute approximate surface area is 113 Å². The van der Waals surface area contributed by atoms with Gasteiger partial charge in [0.25, 0.3) is 0 Å². The fourth-order valence-corrected chi connectivity index (χ4v) is 2.76. The molecule has 98 valence electrons. The van der Waals surface area contributed by atoms with Gasteiger partial charge in [0.15, 0.2) is 0 Å². The maximum atomic E-state index is 11.8. The largest absolute Gasteiger partial charge is 0.338 e. The summed E-state index contributed by atoms with van der Waals surface area (Å²) in [5.74, 6) is 0. The van der Waals surface area contributed by atoms with Crippen molar-refractivity contribution in [2.24, 2.45) is 0 Å². The van der Waals surface area contributed by atoms with Crippen LogP contribution in [0.4, 0.5) is 10.5 Å². The van der Waals surface area contributed by atoms with E-state index in [1.54, 1.807) is 0 Å². The van der Waals surface area contributed by atoms with Gasteiger partial charge in [0, 0.05) is 11.9 Å². The van der Waals surface area contributed by atoms with Crippen LogP contribution in [0, 0.1) is 0 Å². The molecule has 0 saturated carbocycles. The number of benzene rings is 2. The molecular weight excluding hydrogens is 236 g/mol. The zero-order valence-corrected chi connectivity index (χ0v) is 11.1. The summed E-state index contributed by atoms with van der Waals surface area (Å²) in [6.07, 6.45) is 3.16. The van der Waals surface area contributed by atoms with Gasteiger partial charge in [0.05, 0.1) is 5.69 Å². The molecule has 0 radical (unpaired) electrons. The Hall–Kier alpha value is -2.03. The highest BCUT2D eigenvalue weighted by atomic mass is 16.2. The number of hydrogen-bond acceptors (Lipinski definition) is 1. The molecular formula is C16H18N2O. The molecule has 3 rings (SSSR count). The lowest BCUT2D eigenvalue weighted by Crippen LogP contribution is -2.29. The highest BCUT2D eigenvalue weighted by molar-refractivity contribution is 6.04. The minimum atomic E-state index is -0.124. The minimum Gasteiger partial charge on any atom is -0.338 e. The Kier molecular flexibility index (Phi) is 3.11. The Bertz CT molecular complexity index is 624. The first-order chi connectivity index (χ1) is 9.29. The fraction of sp³-hybridized carbons (Fsp3) is 0.312. The highest BCUT2D eigenvalue weighted by Gasteiger charge is 2.16. The van der Waals surface area contributed by atoms with Crippen LogP contribution < -0.4 is 10.6 Å². The molecule has 3 nitrogen and oxygen atoms in total. The molecule has 0 spiro atoms. The average molecular weight is 254 g/mol. The number of anilines is 1. The van der Waals surface area contributed by atoms with E-state index in [1.807, 2.05) is 13.0 Å². The van der Waals surface area contributed by atoms with E-state index in [1.165, 1.54) is 16.5 Å². The average Bonchev–Trinajstić information content (AvgIpc) is 2.85. The zero-order chi connectivity index (χ0) is 13.2. The number of rotatable bonds is 3. The summed E-state index contributed by atoms with van der Waals surface area (Å²) < 4.78 is 0. The molecule has 0 fully saturated rings. The standard InChI is InChI=1S/C16H18N2O/c1-2-10-17-16(19)18-14-9-8-12-7-6-11-4-3-5-13(14)15(11)12/h3-5,8-9H,2,6-7,10H2,1H3,(H2,17,18,19). The summed E-state index contributed by atoms with van der Waals surface area (Å²) in [6, 6.07) is 10.4. The van der Waals surface area contributed by atoms with Crippen molar-refractivity contribution in [3.63, 3.8) is 0 Å². The van der Waals surface area contributed by atoms with E-state index in [2.05, 4.69) is 34.9 Å². The van der Waals surface area contributed by atoms with Crippen LogP contribution in [-0.4, -0.2) is 12.6 Å². The smallest absolute Gasteiger partial charge is 0.319 e. The van der Waals surface area contributed by atoms with E-state index in [-0.39, 0.29) is 6.03 Å². The minimum absolute atomic E-state index is 0.124. The molecule has 1 aliphatic carbocycles. The molecule has 19 heavy (non-hydrogen) atoms. The molecule has 0 aromatic heterocycles. The van der Waals surface area contributed by atoms with Crippen molar-refractivity contribution in [3.8, 4) is 0 Å². The predicted molar refractivity (Wildman–Crippen MR) is 78.7 cm³/mol. The fourth-order valence-electron chi connectivity index (χ4n) is 2.76. The van der Waals surface area contributed by atoms with Crippen LogP contribution in [0.25, 0.3) is 10.8 Å². The molecule has 2 aromatic carbocycles. The summed E-state index contributed by atoms with van der Waals surface area (Å²) >= 11 is 0. The molecule has 2 N–H and O–H groups in total. The molecule has 1 aliphatic rings. The lowest BCUT2D eigenvalue weighted by atomic mass is 10.0. The van der Waals surface area contributed by atoms with Crippen molar-refractivity contribution in [2.45, 2.75) is 26.2 Å². The molecule has 0 atom stereocenters. The molecule has 0 bridgehead atoms. The van der Waals surface area contributed by atoms with Gasteiger partial charge in [0.2, 0.25) is 0 Å². The third-order valence-electron chi connectivity index (χ3n) is 3.66. The van der Waals surface area contributed by atoms with E-state index >= 15 is 0 Å². The third-order valence-corrected chi connectivity index (χ3v) is 3.66. The number of hydrogen-bond donors (Lipinski definition) is 2. The number of aryl methyl sites for hydroxylation is 2. The molecule has 0 saturated heterocycles. The van der Waals surface area contributed by atoms with Crippen LogP contribution >= 0.6 is 0 Å². The van der Waals surface area contributed by atoms with Gasteiger partial charge < -0.3 is 10.6 Å². The van der Waals surface area contributed by atoms with Crippen LogP contribution in [0.3, 0.4) is 0 Å². The molecule has 0 heterocycles. The van der Waals surface area contributed by atoms with E-state index in [4.69, 9.17) is 0 Å². The summed E-state index contributed by atoms with van der Waals surface area (Å²) in [6.45, 7) is 2.74. The molecule has 0 aliphatic heterocycles. The summed E-state index contributed by atoms with van der Waals surface area (Å²) in [5.41, 5.74) is 3.69. The first-order valence-electron chi connectivity index (χ1n) is 6.88. The van der Waals surface area contributed by atoms with Crippen LogP contribution in [0.15, 0.2) is 30.3 Å². The van der Waals surface area contributed by atoms with Crippen LogP contribution in [0.5, 0.6) is 0 Å². The number of urea groups is 1. The second-order valence-corrected chi connectivity index (χ2v) is 4.99. The Morgan fingerprint density at radius 3 is 2.74 bits per heavy atom. The Morgan fingerprint density at radius 2 is 1.95 bits per heavy atom. The molecule has 0 unspecified atom stereocenters. The van der Waals surface area contributed by atoms with Gasteiger partial charge in [-0.3, -0.25) is 0 Å². The van der Waals surface area contributed by atoms with Crippen molar-refractivity contribution >= 4 is 22.5 Å². The van der Waals surface area contributed by atoms with E-state index in [0.29, 0.717) is 6.54 Å². The summed E-state index contributed by atoms with van der Waals surface area (Å²) in [7, 11) is 0. The highest BCUT2D eigenvalue weighted by Crippen LogP contribution is 2.34. The monoisotopic (exact) mass is 254 g/mol. The Morgan fingerprint density at radius 1 is 1.16 bits per heavy atom. The molecule has 2 aromatic rings. The van der Waals surface area contributed by atoms with Gasteiger partial charge in [-0.15, -0.1) is 0 Å². The van der Waals surface area contributed by atoms with Gasteiger partial charge in [-0.25, -0.2) is 4.79 Å². The predicted octanol–water partition coefficient (Wildman–Crippen LogP) is 3.47. The second kappa shape index (κ2) is 4.92. The summed E-state index contributed by atoms with van der Waals surface area (Å²) in [4.78, 5) is 11.8. The normalized spacial score (nSPS) is 12.7. The van der Waals surface area contributed by atoms with Crippen LogP contribution in [0.2, 0.25) is 0 Å². The SMILES string of the molecule is CCCNC(=O)Nc1ccc2c3c(cccc13)CC2.